The first kappa shape index (κ1) is 29.3. The average Bonchev–Trinajstić information content (AvgIpc) is 3.32. The molecule has 1 N–H and O–H groups in total. The van der Waals surface area contributed by atoms with Gasteiger partial charge in [0.15, 0.2) is 5.65 Å². The number of amides is 2. The summed E-state index contributed by atoms with van der Waals surface area (Å²) in [4.78, 5) is 39.5. The Hall–Kier alpha value is -3.69. The lowest BCUT2D eigenvalue weighted by atomic mass is 9.95. The van der Waals surface area contributed by atoms with Gasteiger partial charge < -0.3 is 15.1 Å². The van der Waals surface area contributed by atoms with Crippen molar-refractivity contribution in [3.05, 3.63) is 59.3 Å². The first-order chi connectivity index (χ1) is 19.0. The van der Waals surface area contributed by atoms with Gasteiger partial charge in [-0.15, -0.1) is 0 Å². The van der Waals surface area contributed by atoms with E-state index in [4.69, 9.17) is 4.98 Å². The number of dihydropyridines is 1. The Balaban J connectivity index is 1.57. The predicted octanol–water partition coefficient (Wildman–Crippen LogP) is 4.36. The Labute approximate surface area is 237 Å². The molecule has 0 saturated carbocycles. The smallest absolute Gasteiger partial charge is 0.254 e. The Morgan fingerprint density at radius 3 is 2.48 bits per heavy atom. The van der Waals surface area contributed by atoms with Crippen molar-refractivity contribution in [2.24, 2.45) is 10.9 Å². The van der Waals surface area contributed by atoms with E-state index in [1.54, 1.807) is 13.1 Å². The Bertz CT molecular complexity index is 1430. The quantitative estimate of drug-likeness (QED) is 0.386. The minimum Gasteiger partial charge on any atom is -0.351 e. The van der Waals surface area contributed by atoms with E-state index in [0.717, 1.165) is 37.2 Å². The second-order valence-electron chi connectivity index (χ2n) is 11.3. The number of benzene rings is 1. The monoisotopic (exact) mass is 543 g/mol. The topological polar surface area (TPSA) is 95.7 Å². The highest BCUT2D eigenvalue weighted by Crippen LogP contribution is 2.27. The third-order valence-corrected chi connectivity index (χ3v) is 7.19. The fourth-order valence-corrected chi connectivity index (χ4v) is 5.01. The maximum Gasteiger partial charge on any atom is 0.254 e. The highest BCUT2D eigenvalue weighted by atomic mass is 16.2. The zero-order chi connectivity index (χ0) is 29.0. The van der Waals surface area contributed by atoms with Crippen molar-refractivity contribution in [1.82, 2.24) is 29.9 Å². The number of hydrogen-bond donors (Lipinski definition) is 1. The molecule has 3 aromatic rings. The molecule has 1 atom stereocenters. The van der Waals surface area contributed by atoms with Crippen LogP contribution in [0.5, 0.6) is 0 Å². The SMILES string of the molecule is CC1=CC(C)=NC(=O)C1CNC(=O)c1cc(-c2ccc(CN(C)CCCN(C)C)cc2)nc2c1cnn2C(C)C. The van der Waals surface area contributed by atoms with Gasteiger partial charge in [0.25, 0.3) is 11.8 Å². The zero-order valence-electron chi connectivity index (χ0n) is 24.7. The molecule has 0 saturated heterocycles. The third-order valence-electron chi connectivity index (χ3n) is 7.19. The molecule has 4 rings (SSSR count). The zero-order valence-corrected chi connectivity index (χ0v) is 24.7. The van der Waals surface area contributed by atoms with Gasteiger partial charge in [-0.05, 0) is 86.1 Å². The molecule has 1 aliphatic heterocycles. The summed E-state index contributed by atoms with van der Waals surface area (Å²) in [5, 5.41) is 8.17. The number of nitrogens with zero attached hydrogens (tertiary/aromatic N) is 6. The van der Waals surface area contributed by atoms with Crippen LogP contribution in [0.3, 0.4) is 0 Å². The van der Waals surface area contributed by atoms with Crippen molar-refractivity contribution < 1.29 is 9.59 Å². The van der Waals surface area contributed by atoms with Crippen LogP contribution in [0.4, 0.5) is 0 Å². The minimum absolute atomic E-state index is 0.0790. The summed E-state index contributed by atoms with van der Waals surface area (Å²) < 4.78 is 1.84. The van der Waals surface area contributed by atoms with Crippen LogP contribution in [0.25, 0.3) is 22.3 Å². The van der Waals surface area contributed by atoms with Gasteiger partial charge in [0.2, 0.25) is 0 Å². The van der Waals surface area contributed by atoms with Crippen LogP contribution >= 0.6 is 0 Å². The first-order valence-electron chi connectivity index (χ1n) is 13.9. The summed E-state index contributed by atoms with van der Waals surface area (Å²) in [6.45, 7) is 10.9. The van der Waals surface area contributed by atoms with E-state index < -0.39 is 5.92 Å². The van der Waals surface area contributed by atoms with E-state index in [0.29, 0.717) is 28.0 Å². The van der Waals surface area contributed by atoms with Crippen LogP contribution in [0.1, 0.15) is 56.1 Å². The average molecular weight is 544 g/mol. The molecule has 0 fully saturated rings. The van der Waals surface area contributed by atoms with Gasteiger partial charge in [-0.3, -0.25) is 9.59 Å². The highest BCUT2D eigenvalue weighted by molar-refractivity contribution is 6.08. The van der Waals surface area contributed by atoms with Gasteiger partial charge in [-0.2, -0.15) is 5.10 Å². The second-order valence-corrected chi connectivity index (χ2v) is 11.3. The summed E-state index contributed by atoms with van der Waals surface area (Å²) in [7, 11) is 6.33. The first-order valence-corrected chi connectivity index (χ1v) is 13.9. The number of hydrogen-bond acceptors (Lipinski definition) is 6. The number of fused-ring (bicyclic) bond motifs is 1. The number of rotatable bonds is 11. The molecule has 212 valence electrons. The van der Waals surface area contributed by atoms with E-state index >= 15 is 0 Å². The van der Waals surface area contributed by atoms with E-state index in [-0.39, 0.29) is 24.4 Å². The highest BCUT2D eigenvalue weighted by Gasteiger charge is 2.25. The minimum atomic E-state index is -0.462. The maximum atomic E-state index is 13.5. The van der Waals surface area contributed by atoms with E-state index in [1.165, 1.54) is 5.56 Å². The number of pyridine rings is 1. The maximum absolute atomic E-state index is 13.5. The molecule has 0 spiro atoms. The number of aliphatic imine (C=N–C) groups is 1. The normalized spacial score (nSPS) is 15.8. The Kier molecular flexibility index (Phi) is 9.27. The third kappa shape index (κ3) is 6.89. The molecule has 1 aromatic carbocycles. The Morgan fingerprint density at radius 2 is 1.82 bits per heavy atom. The van der Waals surface area contributed by atoms with Crippen molar-refractivity contribution in [1.29, 1.82) is 0 Å². The molecular weight excluding hydrogens is 502 g/mol. The van der Waals surface area contributed by atoms with Crippen molar-refractivity contribution in [3.63, 3.8) is 0 Å². The van der Waals surface area contributed by atoms with Crippen molar-refractivity contribution in [3.8, 4) is 11.3 Å². The van der Waals surface area contributed by atoms with Crippen LogP contribution in [0.2, 0.25) is 0 Å². The molecule has 9 nitrogen and oxygen atoms in total. The molecule has 40 heavy (non-hydrogen) atoms. The number of carbonyl (C=O) groups excluding carboxylic acids is 2. The molecule has 2 aromatic heterocycles. The van der Waals surface area contributed by atoms with Crippen molar-refractivity contribution >= 4 is 28.6 Å². The van der Waals surface area contributed by atoms with Crippen molar-refractivity contribution in [2.75, 3.05) is 40.8 Å². The number of nitrogens with one attached hydrogen (secondary N) is 1. The van der Waals surface area contributed by atoms with Gasteiger partial charge in [0, 0.05) is 30.4 Å². The van der Waals surface area contributed by atoms with Gasteiger partial charge in [-0.1, -0.05) is 29.8 Å². The van der Waals surface area contributed by atoms with Gasteiger partial charge in [0.05, 0.1) is 28.8 Å². The van der Waals surface area contributed by atoms with Crippen LogP contribution < -0.4 is 5.32 Å². The summed E-state index contributed by atoms with van der Waals surface area (Å²) in [6, 6.07) is 10.3. The van der Waals surface area contributed by atoms with Gasteiger partial charge >= 0.3 is 0 Å². The predicted molar refractivity (Wildman–Crippen MR) is 161 cm³/mol. The van der Waals surface area contributed by atoms with Crippen LogP contribution in [0.15, 0.2) is 53.2 Å². The standard InChI is InChI=1S/C31H41N7O2/c1-20(2)38-29-27(18-33-38)25(30(39)32-17-26-21(3)15-22(4)34-31(26)40)16-28(35-29)24-11-9-23(10-12-24)19-37(7)14-8-13-36(5)6/h9-12,15-16,18,20,26H,8,13-14,17,19H2,1-7H3,(H,32,39). The summed E-state index contributed by atoms with van der Waals surface area (Å²) in [5.41, 5.74) is 5.59. The molecule has 3 heterocycles. The molecule has 0 aliphatic carbocycles. The van der Waals surface area contributed by atoms with E-state index in [2.05, 4.69) is 70.6 Å². The number of aromatic nitrogens is 3. The molecule has 9 heteroatoms. The summed E-state index contributed by atoms with van der Waals surface area (Å²) >= 11 is 0. The van der Waals surface area contributed by atoms with Crippen LogP contribution in [-0.4, -0.2) is 82.9 Å². The summed E-state index contributed by atoms with van der Waals surface area (Å²) in [6.07, 6.45) is 4.71. The molecule has 0 bridgehead atoms. The number of carbonyl (C=O) groups is 2. The molecule has 2 amide bonds. The molecule has 1 unspecified atom stereocenters. The van der Waals surface area contributed by atoms with Crippen molar-refractivity contribution in [2.45, 2.75) is 46.7 Å². The van der Waals surface area contributed by atoms with Gasteiger partial charge in [0.1, 0.15) is 0 Å². The Morgan fingerprint density at radius 1 is 1.10 bits per heavy atom. The summed E-state index contributed by atoms with van der Waals surface area (Å²) in [5.74, 6) is -0.953. The van der Waals surface area contributed by atoms with E-state index in [9.17, 15) is 9.59 Å². The lowest BCUT2D eigenvalue weighted by Gasteiger charge is -2.19. The van der Waals surface area contributed by atoms with Crippen LogP contribution in [0, 0.1) is 5.92 Å². The lowest BCUT2D eigenvalue weighted by molar-refractivity contribution is -0.120. The fourth-order valence-electron chi connectivity index (χ4n) is 5.01. The lowest BCUT2D eigenvalue weighted by Crippen LogP contribution is -2.34. The molecule has 1 aliphatic rings. The molecule has 0 radical (unpaired) electrons. The number of allylic oxidation sites excluding steroid dienone is 1. The van der Waals surface area contributed by atoms with E-state index in [1.807, 2.05) is 37.6 Å². The van der Waals surface area contributed by atoms with Crippen LogP contribution in [-0.2, 0) is 11.3 Å². The second kappa shape index (κ2) is 12.7. The fraction of sp³-hybridized carbons (Fsp3) is 0.452. The van der Waals surface area contributed by atoms with Gasteiger partial charge in [-0.25, -0.2) is 14.7 Å². The largest absolute Gasteiger partial charge is 0.351 e. The molecular formula is C31H41N7O2.